The van der Waals surface area contributed by atoms with Crippen LogP contribution >= 0.6 is 15.9 Å². The molecular weight excluding hydrogens is 394 g/mol. The van der Waals surface area contributed by atoms with E-state index in [0.29, 0.717) is 5.69 Å². The van der Waals surface area contributed by atoms with E-state index in [0.717, 1.165) is 15.7 Å². The van der Waals surface area contributed by atoms with Gasteiger partial charge >= 0.3 is 0 Å². The zero-order chi connectivity index (χ0) is 18.7. The number of hydrogen-bond acceptors (Lipinski definition) is 2. The summed E-state index contributed by atoms with van der Waals surface area (Å²) in [5, 5.41) is 2.70. The molecule has 0 aliphatic heterocycles. The van der Waals surface area contributed by atoms with Gasteiger partial charge in [0.05, 0.1) is 11.4 Å². The largest absolute Gasteiger partial charge is 0.316 e. The molecule has 132 valence electrons. The average molecular weight is 412 g/mol. The summed E-state index contributed by atoms with van der Waals surface area (Å²) in [6.45, 7) is 1.80. The molecule has 0 aliphatic rings. The van der Waals surface area contributed by atoms with Crippen LogP contribution in [0.4, 0.5) is 5.69 Å². The Kier molecular flexibility index (Phi) is 5.23. The van der Waals surface area contributed by atoms with Gasteiger partial charge in [-0.3, -0.25) is 14.3 Å². The SMILES string of the molecule is Cc1c(NC(=O)/C=C/c2ccc(Br)cc2)c(=O)n(-c2ccccc2)n1C. The van der Waals surface area contributed by atoms with E-state index in [1.165, 1.54) is 10.8 Å². The summed E-state index contributed by atoms with van der Waals surface area (Å²) < 4.78 is 4.23. The molecule has 0 saturated heterocycles. The molecule has 0 unspecified atom stereocenters. The standard InChI is InChI=1S/C20H18BrN3O2/c1-14-19(20(26)24(23(14)2)17-6-4-3-5-7-17)22-18(25)13-10-15-8-11-16(21)12-9-15/h3-13H,1-2H3,(H,22,25)/b13-10+. The van der Waals surface area contributed by atoms with Gasteiger partial charge in [-0.05, 0) is 42.8 Å². The minimum absolute atomic E-state index is 0.262. The predicted molar refractivity (Wildman–Crippen MR) is 108 cm³/mol. The van der Waals surface area contributed by atoms with Gasteiger partial charge in [0.2, 0.25) is 5.91 Å². The average Bonchev–Trinajstić information content (AvgIpc) is 2.85. The molecule has 0 fully saturated rings. The Labute approximate surface area is 159 Å². The number of anilines is 1. The highest BCUT2D eigenvalue weighted by molar-refractivity contribution is 9.10. The first-order valence-corrected chi connectivity index (χ1v) is 8.85. The van der Waals surface area contributed by atoms with Crippen molar-refractivity contribution in [2.24, 2.45) is 7.05 Å². The lowest BCUT2D eigenvalue weighted by Crippen LogP contribution is -2.22. The van der Waals surface area contributed by atoms with E-state index in [2.05, 4.69) is 21.2 Å². The lowest BCUT2D eigenvalue weighted by Gasteiger charge is -2.07. The zero-order valence-corrected chi connectivity index (χ0v) is 16.0. The van der Waals surface area contributed by atoms with E-state index < -0.39 is 0 Å². The van der Waals surface area contributed by atoms with Crippen LogP contribution in [0.15, 0.2) is 69.9 Å². The molecule has 3 aromatic rings. The molecule has 1 amide bonds. The fraction of sp³-hybridized carbons (Fsp3) is 0.100. The molecule has 0 spiro atoms. The van der Waals surface area contributed by atoms with Crippen molar-refractivity contribution in [3.05, 3.63) is 86.8 Å². The molecule has 1 heterocycles. The second-order valence-corrected chi connectivity index (χ2v) is 6.73. The quantitative estimate of drug-likeness (QED) is 0.661. The first kappa shape index (κ1) is 17.9. The predicted octanol–water partition coefficient (Wildman–Crippen LogP) is 3.90. The number of carbonyl (C=O) groups is 1. The Hall–Kier alpha value is -2.86. The van der Waals surface area contributed by atoms with E-state index in [1.54, 1.807) is 24.7 Å². The third kappa shape index (κ3) is 3.70. The van der Waals surface area contributed by atoms with Crippen molar-refractivity contribution in [1.82, 2.24) is 9.36 Å². The topological polar surface area (TPSA) is 56.0 Å². The van der Waals surface area contributed by atoms with E-state index >= 15 is 0 Å². The number of para-hydroxylation sites is 1. The third-order valence-electron chi connectivity index (χ3n) is 4.10. The molecule has 0 aliphatic carbocycles. The van der Waals surface area contributed by atoms with Crippen LogP contribution in [0.1, 0.15) is 11.3 Å². The summed E-state index contributed by atoms with van der Waals surface area (Å²) >= 11 is 3.37. The zero-order valence-electron chi connectivity index (χ0n) is 14.4. The Balaban J connectivity index is 1.85. The molecule has 0 saturated carbocycles. The molecule has 1 N–H and O–H groups in total. The van der Waals surface area contributed by atoms with Crippen LogP contribution in [0.5, 0.6) is 0 Å². The molecule has 1 aromatic heterocycles. The molecule has 6 heteroatoms. The molecule has 3 rings (SSSR count). The Morgan fingerprint density at radius 3 is 2.38 bits per heavy atom. The van der Waals surface area contributed by atoms with Gasteiger partial charge in [0, 0.05) is 17.6 Å². The van der Waals surface area contributed by atoms with Gasteiger partial charge in [-0.25, -0.2) is 4.68 Å². The number of amides is 1. The number of benzene rings is 2. The monoisotopic (exact) mass is 411 g/mol. The van der Waals surface area contributed by atoms with Crippen LogP contribution in [-0.4, -0.2) is 15.3 Å². The molecule has 5 nitrogen and oxygen atoms in total. The van der Waals surface area contributed by atoms with Crippen LogP contribution in [0.25, 0.3) is 11.8 Å². The minimum Gasteiger partial charge on any atom is -0.316 e. The fourth-order valence-corrected chi connectivity index (χ4v) is 2.89. The van der Waals surface area contributed by atoms with Crippen LogP contribution in [0, 0.1) is 6.92 Å². The summed E-state index contributed by atoms with van der Waals surface area (Å²) in [7, 11) is 1.79. The normalized spacial score (nSPS) is 11.0. The van der Waals surface area contributed by atoms with Crippen molar-refractivity contribution in [3.8, 4) is 5.69 Å². The maximum Gasteiger partial charge on any atom is 0.295 e. The highest BCUT2D eigenvalue weighted by atomic mass is 79.9. The molecule has 0 atom stereocenters. The van der Waals surface area contributed by atoms with Gasteiger partial charge in [-0.1, -0.05) is 46.3 Å². The van der Waals surface area contributed by atoms with Crippen LogP contribution in [-0.2, 0) is 11.8 Å². The molecule has 26 heavy (non-hydrogen) atoms. The second-order valence-electron chi connectivity index (χ2n) is 5.81. The van der Waals surface area contributed by atoms with Crippen molar-refractivity contribution in [2.75, 3.05) is 5.32 Å². The minimum atomic E-state index is -0.348. The number of nitrogens with one attached hydrogen (secondary N) is 1. The van der Waals surface area contributed by atoms with E-state index in [-0.39, 0.29) is 17.2 Å². The summed E-state index contributed by atoms with van der Waals surface area (Å²) in [6, 6.07) is 16.9. The van der Waals surface area contributed by atoms with Crippen molar-refractivity contribution in [1.29, 1.82) is 0 Å². The van der Waals surface area contributed by atoms with Gasteiger partial charge in [-0.2, -0.15) is 0 Å². The molecular formula is C20H18BrN3O2. The Morgan fingerprint density at radius 2 is 1.73 bits per heavy atom. The number of hydrogen-bond donors (Lipinski definition) is 1. The maximum absolute atomic E-state index is 12.8. The fourth-order valence-electron chi connectivity index (χ4n) is 2.62. The summed E-state index contributed by atoms with van der Waals surface area (Å²) in [6.07, 6.45) is 3.12. The summed E-state index contributed by atoms with van der Waals surface area (Å²) in [5.41, 5.74) is 2.34. The summed E-state index contributed by atoms with van der Waals surface area (Å²) in [4.78, 5) is 25.0. The van der Waals surface area contributed by atoms with Crippen LogP contribution in [0.3, 0.4) is 0 Å². The number of aromatic nitrogens is 2. The van der Waals surface area contributed by atoms with Crippen molar-refractivity contribution < 1.29 is 4.79 Å². The number of rotatable bonds is 4. The van der Waals surface area contributed by atoms with Gasteiger partial charge in [0.15, 0.2) is 0 Å². The number of nitrogens with zero attached hydrogens (tertiary/aromatic N) is 2. The first-order chi connectivity index (χ1) is 12.5. The third-order valence-corrected chi connectivity index (χ3v) is 4.63. The van der Waals surface area contributed by atoms with Crippen LogP contribution < -0.4 is 10.9 Å². The van der Waals surface area contributed by atoms with Gasteiger partial charge < -0.3 is 5.32 Å². The van der Waals surface area contributed by atoms with Crippen molar-refractivity contribution in [2.45, 2.75) is 6.92 Å². The van der Waals surface area contributed by atoms with Gasteiger partial charge in [0.1, 0.15) is 5.69 Å². The Morgan fingerprint density at radius 1 is 1.08 bits per heavy atom. The Bertz CT molecular complexity index is 1020. The highest BCUT2D eigenvalue weighted by Crippen LogP contribution is 2.15. The smallest absolute Gasteiger partial charge is 0.295 e. The van der Waals surface area contributed by atoms with Crippen molar-refractivity contribution >= 4 is 33.6 Å². The van der Waals surface area contributed by atoms with Crippen LogP contribution in [0.2, 0.25) is 0 Å². The molecule has 0 radical (unpaired) electrons. The van der Waals surface area contributed by atoms with E-state index in [4.69, 9.17) is 0 Å². The molecule has 2 aromatic carbocycles. The second kappa shape index (κ2) is 7.58. The first-order valence-electron chi connectivity index (χ1n) is 8.06. The van der Waals surface area contributed by atoms with Crippen molar-refractivity contribution in [3.63, 3.8) is 0 Å². The van der Waals surface area contributed by atoms with E-state index in [1.807, 2.05) is 54.6 Å². The van der Waals surface area contributed by atoms with Gasteiger partial charge in [0.25, 0.3) is 5.56 Å². The number of halogens is 1. The molecule has 0 bridgehead atoms. The van der Waals surface area contributed by atoms with E-state index in [9.17, 15) is 9.59 Å². The lowest BCUT2D eigenvalue weighted by molar-refractivity contribution is -0.111. The summed E-state index contributed by atoms with van der Waals surface area (Å²) in [5.74, 6) is -0.348. The number of carbonyl (C=O) groups excluding carboxylic acids is 1. The highest BCUT2D eigenvalue weighted by Gasteiger charge is 2.17. The van der Waals surface area contributed by atoms with Gasteiger partial charge in [-0.15, -0.1) is 0 Å². The lowest BCUT2D eigenvalue weighted by atomic mass is 10.2. The maximum atomic E-state index is 12.8.